The maximum atomic E-state index is 12.3. The van der Waals surface area contributed by atoms with Crippen LogP contribution in [-0.4, -0.2) is 32.7 Å². The third-order valence-electron chi connectivity index (χ3n) is 5.04. The summed E-state index contributed by atoms with van der Waals surface area (Å²) in [5, 5.41) is 3.06. The van der Waals surface area contributed by atoms with E-state index in [4.69, 9.17) is 4.74 Å². The van der Waals surface area contributed by atoms with E-state index in [2.05, 4.69) is 42.3 Å². The number of hydrogen-bond donors (Lipinski definition) is 1. The van der Waals surface area contributed by atoms with Crippen LogP contribution in [0.15, 0.2) is 42.5 Å². The Bertz CT molecular complexity index is 740. The minimum atomic E-state index is -0.0210. The minimum absolute atomic E-state index is 0.0210. The molecule has 2 aromatic carbocycles. The number of ether oxygens (including phenoxy) is 1. The quantitative estimate of drug-likeness (QED) is 0.906. The Kier molecular flexibility index (Phi) is 5.27. The van der Waals surface area contributed by atoms with Crippen LogP contribution >= 0.6 is 0 Å². The van der Waals surface area contributed by atoms with Crippen molar-refractivity contribution in [1.82, 2.24) is 5.32 Å². The second-order valence-corrected chi connectivity index (χ2v) is 6.81. The largest absolute Gasteiger partial charge is 0.497 e. The van der Waals surface area contributed by atoms with Crippen molar-refractivity contribution in [2.45, 2.75) is 20.3 Å². The number of amides is 1. The highest BCUT2D eigenvalue weighted by atomic mass is 16.5. The minimum Gasteiger partial charge on any atom is -0.497 e. The van der Waals surface area contributed by atoms with E-state index in [9.17, 15) is 4.79 Å². The molecule has 1 aliphatic heterocycles. The summed E-state index contributed by atoms with van der Waals surface area (Å²) in [5.74, 6) is 1.23. The Morgan fingerprint density at radius 1 is 1.16 bits per heavy atom. The molecular formula is C21H26N2O2. The Labute approximate surface area is 149 Å². The number of carbonyl (C=O) groups excluding carboxylic acids is 1. The first-order valence-electron chi connectivity index (χ1n) is 8.81. The number of anilines is 1. The van der Waals surface area contributed by atoms with Gasteiger partial charge in [0.15, 0.2) is 0 Å². The van der Waals surface area contributed by atoms with Gasteiger partial charge in [0.25, 0.3) is 5.91 Å². The van der Waals surface area contributed by atoms with E-state index < -0.39 is 0 Å². The van der Waals surface area contributed by atoms with Gasteiger partial charge < -0.3 is 15.0 Å². The number of nitrogens with zero attached hydrogens (tertiary/aromatic N) is 1. The van der Waals surface area contributed by atoms with Gasteiger partial charge in [-0.1, -0.05) is 6.07 Å². The Balaban J connectivity index is 1.52. The van der Waals surface area contributed by atoms with Gasteiger partial charge in [-0.15, -0.1) is 0 Å². The molecule has 3 rings (SSSR count). The van der Waals surface area contributed by atoms with Gasteiger partial charge in [-0.25, -0.2) is 0 Å². The van der Waals surface area contributed by atoms with Gasteiger partial charge in [-0.2, -0.15) is 0 Å². The zero-order valence-electron chi connectivity index (χ0n) is 15.2. The molecule has 1 saturated heterocycles. The topological polar surface area (TPSA) is 41.6 Å². The van der Waals surface area contributed by atoms with Crippen LogP contribution in [0.2, 0.25) is 0 Å². The van der Waals surface area contributed by atoms with E-state index in [1.807, 2.05) is 12.1 Å². The summed E-state index contributed by atoms with van der Waals surface area (Å²) in [4.78, 5) is 14.7. The van der Waals surface area contributed by atoms with Crippen molar-refractivity contribution >= 4 is 11.6 Å². The number of nitrogens with one attached hydrogen (secondary N) is 1. The van der Waals surface area contributed by atoms with Gasteiger partial charge >= 0.3 is 0 Å². The number of hydrogen-bond acceptors (Lipinski definition) is 3. The summed E-state index contributed by atoms with van der Waals surface area (Å²) in [5.41, 5.74) is 4.61. The van der Waals surface area contributed by atoms with Crippen molar-refractivity contribution in [3.05, 3.63) is 59.2 Å². The van der Waals surface area contributed by atoms with Crippen molar-refractivity contribution in [3.8, 4) is 5.75 Å². The lowest BCUT2D eigenvalue weighted by Crippen LogP contribution is -2.31. The molecule has 2 aromatic rings. The molecule has 1 aliphatic rings. The molecule has 1 N–H and O–H groups in total. The molecule has 0 radical (unpaired) electrons. The van der Waals surface area contributed by atoms with Crippen molar-refractivity contribution in [2.75, 3.05) is 31.6 Å². The zero-order valence-corrected chi connectivity index (χ0v) is 15.2. The molecule has 0 spiro atoms. The van der Waals surface area contributed by atoms with Crippen LogP contribution in [0.3, 0.4) is 0 Å². The van der Waals surface area contributed by atoms with Crippen LogP contribution in [0.5, 0.6) is 5.75 Å². The third-order valence-corrected chi connectivity index (χ3v) is 5.04. The van der Waals surface area contributed by atoms with Crippen LogP contribution in [0.25, 0.3) is 0 Å². The van der Waals surface area contributed by atoms with E-state index in [1.165, 1.54) is 16.8 Å². The van der Waals surface area contributed by atoms with Crippen molar-refractivity contribution < 1.29 is 9.53 Å². The monoisotopic (exact) mass is 338 g/mol. The summed E-state index contributed by atoms with van der Waals surface area (Å²) in [6.45, 7) is 7.05. The third kappa shape index (κ3) is 4.13. The highest BCUT2D eigenvalue weighted by Gasteiger charge is 2.23. The van der Waals surface area contributed by atoms with Crippen LogP contribution in [0.4, 0.5) is 5.69 Å². The molecule has 4 heteroatoms. The molecule has 0 bridgehead atoms. The second-order valence-electron chi connectivity index (χ2n) is 6.81. The fourth-order valence-corrected chi connectivity index (χ4v) is 3.24. The van der Waals surface area contributed by atoms with Gasteiger partial charge in [0, 0.05) is 30.9 Å². The van der Waals surface area contributed by atoms with Gasteiger partial charge in [0.1, 0.15) is 5.75 Å². The molecule has 4 nitrogen and oxygen atoms in total. The van der Waals surface area contributed by atoms with Gasteiger partial charge in [-0.05, 0) is 73.7 Å². The SMILES string of the molecule is COc1ccc(C(=O)NCC2CCN(c3ccc(C)c(C)c3)C2)cc1. The molecule has 1 unspecified atom stereocenters. The van der Waals surface area contributed by atoms with Gasteiger partial charge in [0.2, 0.25) is 0 Å². The number of benzene rings is 2. The molecule has 25 heavy (non-hydrogen) atoms. The molecular weight excluding hydrogens is 312 g/mol. The molecule has 1 fully saturated rings. The highest BCUT2D eigenvalue weighted by Crippen LogP contribution is 2.25. The second kappa shape index (κ2) is 7.60. The van der Waals surface area contributed by atoms with Crippen LogP contribution < -0.4 is 15.0 Å². The van der Waals surface area contributed by atoms with Crippen molar-refractivity contribution in [3.63, 3.8) is 0 Å². The molecule has 1 amide bonds. The van der Waals surface area contributed by atoms with Gasteiger partial charge in [0.05, 0.1) is 7.11 Å². The standard InChI is InChI=1S/C21H26N2O2/c1-15-4-7-19(12-16(15)2)23-11-10-17(14-23)13-22-21(24)18-5-8-20(25-3)9-6-18/h4-9,12,17H,10-11,13-14H2,1-3H3,(H,22,24). The Morgan fingerprint density at radius 3 is 2.60 bits per heavy atom. The van der Waals surface area contributed by atoms with Gasteiger partial charge in [-0.3, -0.25) is 4.79 Å². The summed E-state index contributed by atoms with van der Waals surface area (Å²) < 4.78 is 5.12. The fourth-order valence-electron chi connectivity index (χ4n) is 3.24. The first-order chi connectivity index (χ1) is 12.1. The lowest BCUT2D eigenvalue weighted by Gasteiger charge is -2.20. The van der Waals surface area contributed by atoms with Crippen LogP contribution in [-0.2, 0) is 0 Å². The molecule has 1 heterocycles. The maximum Gasteiger partial charge on any atom is 0.251 e. The summed E-state index contributed by atoms with van der Waals surface area (Å²) in [7, 11) is 1.62. The number of carbonyl (C=O) groups is 1. The predicted octanol–water partition coefficient (Wildman–Crippen LogP) is 3.57. The molecule has 0 aliphatic carbocycles. The lowest BCUT2D eigenvalue weighted by molar-refractivity contribution is 0.0948. The maximum absolute atomic E-state index is 12.3. The average molecular weight is 338 g/mol. The summed E-state index contributed by atoms with van der Waals surface area (Å²) in [6.07, 6.45) is 1.11. The average Bonchev–Trinajstić information content (AvgIpc) is 3.11. The number of rotatable bonds is 5. The molecule has 1 atom stereocenters. The number of aryl methyl sites for hydroxylation is 2. The smallest absolute Gasteiger partial charge is 0.251 e. The van der Waals surface area contributed by atoms with Crippen LogP contribution in [0, 0.1) is 19.8 Å². The summed E-state index contributed by atoms with van der Waals surface area (Å²) >= 11 is 0. The lowest BCUT2D eigenvalue weighted by atomic mass is 10.1. The molecule has 0 aromatic heterocycles. The first kappa shape index (κ1) is 17.3. The van der Waals surface area contributed by atoms with Crippen molar-refractivity contribution in [1.29, 1.82) is 0 Å². The first-order valence-corrected chi connectivity index (χ1v) is 8.81. The highest BCUT2D eigenvalue weighted by molar-refractivity contribution is 5.94. The predicted molar refractivity (Wildman–Crippen MR) is 102 cm³/mol. The van der Waals surface area contributed by atoms with E-state index in [1.54, 1.807) is 19.2 Å². The molecule has 132 valence electrons. The molecule has 0 saturated carbocycles. The Morgan fingerprint density at radius 2 is 1.92 bits per heavy atom. The zero-order chi connectivity index (χ0) is 17.8. The van der Waals surface area contributed by atoms with E-state index in [0.717, 1.165) is 25.3 Å². The van der Waals surface area contributed by atoms with Crippen molar-refractivity contribution in [2.24, 2.45) is 5.92 Å². The van der Waals surface area contributed by atoms with E-state index in [0.29, 0.717) is 18.0 Å². The normalized spacial score (nSPS) is 16.8. The Hall–Kier alpha value is -2.49. The van der Waals surface area contributed by atoms with E-state index in [-0.39, 0.29) is 5.91 Å². The van der Waals surface area contributed by atoms with E-state index >= 15 is 0 Å². The van der Waals surface area contributed by atoms with Crippen LogP contribution in [0.1, 0.15) is 27.9 Å². The number of methoxy groups -OCH3 is 1. The fraction of sp³-hybridized carbons (Fsp3) is 0.381. The summed E-state index contributed by atoms with van der Waals surface area (Å²) in [6, 6.07) is 13.9.